The molecule has 0 spiro atoms. The predicted molar refractivity (Wildman–Crippen MR) is 73.4 cm³/mol. The molecule has 1 aromatic rings. The van der Waals surface area contributed by atoms with Crippen molar-refractivity contribution in [1.82, 2.24) is 10.6 Å². The summed E-state index contributed by atoms with van der Waals surface area (Å²) in [6.45, 7) is 2.77. The molecule has 0 bridgehead atoms. The fraction of sp³-hybridized carbons (Fsp3) is 0.467. The number of hydrogen-bond donors (Lipinski definition) is 2. The van der Waals surface area contributed by atoms with Gasteiger partial charge in [0.05, 0.1) is 12.6 Å². The Bertz CT molecular complexity index is 556. The molecule has 2 aliphatic heterocycles. The molecule has 5 heteroatoms. The van der Waals surface area contributed by atoms with Gasteiger partial charge in [-0.15, -0.1) is 0 Å². The highest BCUT2D eigenvalue weighted by Crippen LogP contribution is 2.28. The quantitative estimate of drug-likeness (QED) is 0.809. The molecule has 20 heavy (non-hydrogen) atoms. The van der Waals surface area contributed by atoms with Gasteiger partial charge in [-0.25, -0.2) is 0 Å². The van der Waals surface area contributed by atoms with Gasteiger partial charge in [-0.3, -0.25) is 20.2 Å². The van der Waals surface area contributed by atoms with Crippen LogP contribution in [0.5, 0.6) is 5.75 Å². The van der Waals surface area contributed by atoms with Crippen molar-refractivity contribution in [2.45, 2.75) is 38.3 Å². The van der Waals surface area contributed by atoms with Crippen LogP contribution in [-0.4, -0.2) is 24.5 Å². The number of piperidine rings is 1. The van der Waals surface area contributed by atoms with Gasteiger partial charge in [-0.2, -0.15) is 0 Å². The zero-order valence-electron chi connectivity index (χ0n) is 11.4. The number of amides is 2. The van der Waals surface area contributed by atoms with E-state index < -0.39 is 0 Å². The summed E-state index contributed by atoms with van der Waals surface area (Å²) in [6, 6.07) is 5.90. The average molecular weight is 274 g/mol. The van der Waals surface area contributed by atoms with Gasteiger partial charge in [0.25, 0.3) is 0 Å². The van der Waals surface area contributed by atoms with Crippen molar-refractivity contribution >= 4 is 11.8 Å². The van der Waals surface area contributed by atoms with Crippen LogP contribution in [0.1, 0.15) is 36.9 Å². The van der Waals surface area contributed by atoms with E-state index in [0.717, 1.165) is 24.3 Å². The van der Waals surface area contributed by atoms with Crippen molar-refractivity contribution in [1.29, 1.82) is 0 Å². The molecule has 0 aliphatic carbocycles. The van der Waals surface area contributed by atoms with Crippen LogP contribution >= 0.6 is 0 Å². The molecule has 0 saturated carbocycles. The standard InChI is InChI=1S/C15H18N2O3/c1-9(16-12-3-5-14(18)17-15(12)19)10-2-4-13-11(8-10)6-7-20-13/h2,4,8-9,12,16H,3,5-7H2,1H3,(H,17,18,19). The van der Waals surface area contributed by atoms with Gasteiger partial charge in [0.1, 0.15) is 5.75 Å². The maximum absolute atomic E-state index is 11.7. The Hall–Kier alpha value is -1.88. The molecule has 2 heterocycles. The summed E-state index contributed by atoms with van der Waals surface area (Å²) in [6.07, 6.45) is 1.89. The monoisotopic (exact) mass is 274 g/mol. The molecule has 2 unspecified atom stereocenters. The van der Waals surface area contributed by atoms with Crippen LogP contribution in [0.2, 0.25) is 0 Å². The minimum Gasteiger partial charge on any atom is -0.493 e. The molecule has 5 nitrogen and oxygen atoms in total. The van der Waals surface area contributed by atoms with E-state index in [4.69, 9.17) is 4.74 Å². The van der Waals surface area contributed by atoms with Crippen LogP contribution in [0.15, 0.2) is 18.2 Å². The molecule has 106 valence electrons. The Balaban J connectivity index is 1.68. The first-order valence-corrected chi connectivity index (χ1v) is 6.99. The SMILES string of the molecule is CC(NC1CCC(=O)NC1=O)c1ccc2c(c1)CCO2. The van der Waals surface area contributed by atoms with E-state index in [1.807, 2.05) is 19.1 Å². The van der Waals surface area contributed by atoms with Crippen molar-refractivity contribution in [3.05, 3.63) is 29.3 Å². The average Bonchev–Trinajstić information content (AvgIpc) is 2.89. The first kappa shape index (κ1) is 13.1. The second-order valence-corrected chi connectivity index (χ2v) is 5.36. The van der Waals surface area contributed by atoms with Crippen molar-refractivity contribution < 1.29 is 14.3 Å². The third-order valence-electron chi connectivity index (χ3n) is 3.90. The highest BCUT2D eigenvalue weighted by Gasteiger charge is 2.27. The molecule has 0 aromatic heterocycles. The lowest BCUT2D eigenvalue weighted by atomic mass is 10.0. The number of carbonyl (C=O) groups is 2. The van der Waals surface area contributed by atoms with E-state index in [-0.39, 0.29) is 23.9 Å². The van der Waals surface area contributed by atoms with E-state index in [0.29, 0.717) is 12.8 Å². The number of imide groups is 1. The summed E-state index contributed by atoms with van der Waals surface area (Å²) in [4.78, 5) is 22.9. The van der Waals surface area contributed by atoms with Crippen molar-refractivity contribution in [2.75, 3.05) is 6.61 Å². The molecule has 1 saturated heterocycles. The Morgan fingerprint density at radius 3 is 3.00 bits per heavy atom. The molecule has 1 fully saturated rings. The summed E-state index contributed by atoms with van der Waals surface area (Å²) in [5, 5.41) is 5.66. The number of hydrogen-bond acceptors (Lipinski definition) is 4. The number of ether oxygens (including phenoxy) is 1. The smallest absolute Gasteiger partial charge is 0.243 e. The van der Waals surface area contributed by atoms with Gasteiger partial charge >= 0.3 is 0 Å². The number of benzene rings is 1. The maximum atomic E-state index is 11.7. The summed E-state index contributed by atoms with van der Waals surface area (Å²) in [5.41, 5.74) is 2.36. The van der Waals surface area contributed by atoms with Gasteiger partial charge in [-0.05, 0) is 30.5 Å². The highest BCUT2D eigenvalue weighted by molar-refractivity contribution is 6.00. The Morgan fingerprint density at radius 1 is 1.35 bits per heavy atom. The van der Waals surface area contributed by atoms with Crippen LogP contribution in [0, 0.1) is 0 Å². The lowest BCUT2D eigenvalue weighted by molar-refractivity contribution is -0.134. The van der Waals surface area contributed by atoms with Gasteiger partial charge < -0.3 is 4.74 Å². The lowest BCUT2D eigenvalue weighted by Crippen LogP contribution is -2.51. The van der Waals surface area contributed by atoms with Gasteiger partial charge in [0.15, 0.2) is 0 Å². The molecule has 0 radical (unpaired) electrons. The van der Waals surface area contributed by atoms with Crippen molar-refractivity contribution in [3.63, 3.8) is 0 Å². The second-order valence-electron chi connectivity index (χ2n) is 5.36. The van der Waals surface area contributed by atoms with Gasteiger partial charge in [-0.1, -0.05) is 12.1 Å². The van der Waals surface area contributed by atoms with Crippen LogP contribution in [0.25, 0.3) is 0 Å². The van der Waals surface area contributed by atoms with E-state index >= 15 is 0 Å². The predicted octanol–water partition coefficient (Wildman–Crippen LogP) is 1.08. The van der Waals surface area contributed by atoms with Gasteiger partial charge in [0.2, 0.25) is 11.8 Å². The Labute approximate surface area is 117 Å². The first-order valence-electron chi connectivity index (χ1n) is 6.99. The third kappa shape index (κ3) is 2.54. The molecule has 2 amide bonds. The molecule has 2 N–H and O–H groups in total. The van der Waals surface area contributed by atoms with Crippen LogP contribution in [0.3, 0.4) is 0 Å². The number of rotatable bonds is 3. The largest absolute Gasteiger partial charge is 0.493 e. The Morgan fingerprint density at radius 2 is 2.20 bits per heavy atom. The van der Waals surface area contributed by atoms with E-state index in [9.17, 15) is 9.59 Å². The van der Waals surface area contributed by atoms with E-state index in [1.54, 1.807) is 0 Å². The zero-order valence-corrected chi connectivity index (χ0v) is 11.4. The molecule has 1 aromatic carbocycles. The number of nitrogens with one attached hydrogen (secondary N) is 2. The summed E-state index contributed by atoms with van der Waals surface area (Å²) in [5.74, 6) is 0.551. The molecule has 2 aliphatic rings. The van der Waals surface area contributed by atoms with Crippen LogP contribution < -0.4 is 15.4 Å². The minimum atomic E-state index is -0.299. The number of carbonyl (C=O) groups excluding carboxylic acids is 2. The van der Waals surface area contributed by atoms with E-state index in [2.05, 4.69) is 16.7 Å². The van der Waals surface area contributed by atoms with Crippen LogP contribution in [-0.2, 0) is 16.0 Å². The zero-order chi connectivity index (χ0) is 14.1. The minimum absolute atomic E-state index is 0.0600. The highest BCUT2D eigenvalue weighted by atomic mass is 16.5. The second kappa shape index (κ2) is 5.25. The maximum Gasteiger partial charge on any atom is 0.243 e. The summed E-state index contributed by atoms with van der Waals surface area (Å²) < 4.78 is 5.49. The number of fused-ring (bicyclic) bond motifs is 1. The van der Waals surface area contributed by atoms with E-state index in [1.165, 1.54) is 5.56 Å². The lowest BCUT2D eigenvalue weighted by Gasteiger charge is -2.25. The normalized spacial score (nSPS) is 22.9. The summed E-state index contributed by atoms with van der Waals surface area (Å²) >= 11 is 0. The molecule has 3 rings (SSSR count). The fourth-order valence-electron chi connectivity index (χ4n) is 2.73. The molecular formula is C15H18N2O3. The fourth-order valence-corrected chi connectivity index (χ4v) is 2.73. The summed E-state index contributed by atoms with van der Waals surface area (Å²) in [7, 11) is 0. The van der Waals surface area contributed by atoms with Crippen molar-refractivity contribution in [3.8, 4) is 5.75 Å². The third-order valence-corrected chi connectivity index (χ3v) is 3.90. The Kier molecular flexibility index (Phi) is 3.44. The topological polar surface area (TPSA) is 67.4 Å². The molecule has 2 atom stereocenters. The molecular weight excluding hydrogens is 256 g/mol. The van der Waals surface area contributed by atoms with Gasteiger partial charge in [0, 0.05) is 18.9 Å². The first-order chi connectivity index (χ1) is 9.63. The van der Waals surface area contributed by atoms with Crippen LogP contribution in [0.4, 0.5) is 0 Å². The van der Waals surface area contributed by atoms with Crippen molar-refractivity contribution in [2.24, 2.45) is 0 Å².